The van der Waals surface area contributed by atoms with Crippen molar-refractivity contribution < 1.29 is 13.3 Å². The summed E-state index contributed by atoms with van der Waals surface area (Å²) < 4.78 is 28.6. The summed E-state index contributed by atoms with van der Waals surface area (Å²) in [4.78, 5) is 14.2. The lowest BCUT2D eigenvalue weighted by Crippen LogP contribution is -2.16. The molecule has 2 aromatic carbocycles. The Morgan fingerprint density at radius 2 is 1.87 bits per heavy atom. The lowest BCUT2D eigenvalue weighted by Gasteiger charge is -2.14. The fourth-order valence-corrected chi connectivity index (χ4v) is 4.00. The number of nitrogens with zero attached hydrogens (tertiary/aromatic N) is 3. The summed E-state index contributed by atoms with van der Waals surface area (Å²) in [5.41, 5.74) is 5.19. The summed E-state index contributed by atoms with van der Waals surface area (Å²) >= 11 is 0. The van der Waals surface area contributed by atoms with Crippen LogP contribution in [-0.4, -0.2) is 24.5 Å². The predicted molar refractivity (Wildman–Crippen MR) is 115 cm³/mol. The molecule has 0 aliphatic carbocycles. The van der Waals surface area contributed by atoms with Crippen molar-refractivity contribution in [2.45, 2.75) is 18.7 Å². The number of nitro benzene ring substituents is 1. The number of aromatic nitrogens is 1. The van der Waals surface area contributed by atoms with Gasteiger partial charge in [-0.15, -0.1) is 0 Å². The van der Waals surface area contributed by atoms with E-state index >= 15 is 0 Å². The maximum absolute atomic E-state index is 13.0. The van der Waals surface area contributed by atoms with Gasteiger partial charge in [0.25, 0.3) is 15.7 Å². The van der Waals surface area contributed by atoms with E-state index in [0.717, 1.165) is 17.2 Å². The molecule has 0 aliphatic heterocycles. The normalized spacial score (nSPS) is 11.4. The summed E-state index contributed by atoms with van der Waals surface area (Å²) in [6.07, 6.45) is 4.66. The SMILES string of the molecule is Cc1ccc(NS(=O)(=O)c2cc([N+](=O)[O-])ccc2N/N=C\c2cccnc2)c(C)c1. The van der Waals surface area contributed by atoms with Gasteiger partial charge < -0.3 is 0 Å². The molecule has 3 aromatic rings. The number of non-ortho nitro benzene ring substituents is 1. The maximum Gasteiger partial charge on any atom is 0.270 e. The number of nitrogens with one attached hydrogen (secondary N) is 2. The van der Waals surface area contributed by atoms with Gasteiger partial charge in [0, 0.05) is 30.1 Å². The summed E-state index contributed by atoms with van der Waals surface area (Å²) in [7, 11) is -4.13. The number of nitro groups is 1. The zero-order valence-electron chi connectivity index (χ0n) is 16.2. The van der Waals surface area contributed by atoms with Crippen LogP contribution in [-0.2, 0) is 10.0 Å². The van der Waals surface area contributed by atoms with E-state index in [1.165, 1.54) is 18.3 Å². The van der Waals surface area contributed by atoms with Gasteiger partial charge in [0.05, 0.1) is 22.5 Å². The zero-order valence-corrected chi connectivity index (χ0v) is 17.1. The molecule has 0 saturated carbocycles. The molecule has 0 bridgehead atoms. The number of anilines is 2. The van der Waals surface area contributed by atoms with Gasteiger partial charge in [-0.05, 0) is 37.6 Å². The van der Waals surface area contributed by atoms with Gasteiger partial charge >= 0.3 is 0 Å². The van der Waals surface area contributed by atoms with E-state index in [-0.39, 0.29) is 16.3 Å². The van der Waals surface area contributed by atoms with Gasteiger partial charge in [-0.2, -0.15) is 5.10 Å². The largest absolute Gasteiger partial charge is 0.279 e. The lowest BCUT2D eigenvalue weighted by atomic mass is 10.1. The molecule has 10 heteroatoms. The summed E-state index contributed by atoms with van der Waals surface area (Å²) in [6, 6.07) is 12.3. The number of rotatable bonds is 7. The third-order valence-corrected chi connectivity index (χ3v) is 5.58. The smallest absolute Gasteiger partial charge is 0.270 e. The molecule has 3 rings (SSSR count). The van der Waals surface area contributed by atoms with E-state index in [2.05, 4.69) is 20.2 Å². The van der Waals surface area contributed by atoms with Crippen LogP contribution in [0, 0.1) is 24.0 Å². The van der Waals surface area contributed by atoms with Crippen molar-refractivity contribution >= 4 is 33.3 Å². The van der Waals surface area contributed by atoms with Crippen molar-refractivity contribution in [2.24, 2.45) is 5.10 Å². The molecule has 154 valence electrons. The molecule has 0 spiro atoms. The highest BCUT2D eigenvalue weighted by Crippen LogP contribution is 2.29. The average molecular weight is 425 g/mol. The van der Waals surface area contributed by atoms with Crippen LogP contribution in [0.3, 0.4) is 0 Å². The fraction of sp³-hybridized carbons (Fsp3) is 0.100. The van der Waals surface area contributed by atoms with Crippen LogP contribution in [0.2, 0.25) is 0 Å². The molecular formula is C20H19N5O4S. The first-order valence-electron chi connectivity index (χ1n) is 8.84. The average Bonchev–Trinajstić information content (AvgIpc) is 2.71. The van der Waals surface area contributed by atoms with E-state index in [1.54, 1.807) is 43.6 Å². The van der Waals surface area contributed by atoms with Gasteiger partial charge in [0.15, 0.2) is 0 Å². The van der Waals surface area contributed by atoms with Crippen LogP contribution in [0.1, 0.15) is 16.7 Å². The van der Waals surface area contributed by atoms with Gasteiger partial charge in [0.1, 0.15) is 4.90 Å². The minimum atomic E-state index is -4.13. The van der Waals surface area contributed by atoms with Gasteiger partial charge in [0.2, 0.25) is 0 Å². The van der Waals surface area contributed by atoms with Crippen molar-refractivity contribution in [3.05, 3.63) is 87.7 Å². The van der Waals surface area contributed by atoms with E-state index in [4.69, 9.17) is 0 Å². The Morgan fingerprint density at radius 1 is 1.10 bits per heavy atom. The summed E-state index contributed by atoms with van der Waals surface area (Å²) in [5.74, 6) is 0. The van der Waals surface area contributed by atoms with Crippen LogP contribution in [0.5, 0.6) is 0 Å². The second kappa shape index (κ2) is 8.70. The number of benzene rings is 2. The number of hydrogen-bond donors (Lipinski definition) is 2. The molecule has 0 saturated heterocycles. The highest BCUT2D eigenvalue weighted by molar-refractivity contribution is 7.92. The third-order valence-electron chi connectivity index (χ3n) is 4.17. The van der Waals surface area contributed by atoms with Gasteiger partial charge in [-0.25, -0.2) is 8.42 Å². The van der Waals surface area contributed by atoms with E-state index < -0.39 is 14.9 Å². The Morgan fingerprint density at radius 3 is 2.53 bits per heavy atom. The second-order valence-electron chi connectivity index (χ2n) is 6.52. The molecule has 2 N–H and O–H groups in total. The van der Waals surface area contributed by atoms with Crippen molar-refractivity contribution in [2.75, 3.05) is 10.1 Å². The molecule has 0 amide bonds. The first kappa shape index (κ1) is 20.9. The zero-order chi connectivity index (χ0) is 21.7. The van der Waals surface area contributed by atoms with Crippen LogP contribution >= 0.6 is 0 Å². The predicted octanol–water partition coefficient (Wildman–Crippen LogP) is 3.85. The molecule has 1 heterocycles. The molecule has 9 nitrogen and oxygen atoms in total. The molecule has 0 atom stereocenters. The van der Waals surface area contributed by atoms with Crippen molar-refractivity contribution in [1.82, 2.24) is 4.98 Å². The number of sulfonamides is 1. The van der Waals surface area contributed by atoms with Crippen LogP contribution in [0.15, 0.2) is 70.9 Å². The maximum atomic E-state index is 13.0. The van der Waals surface area contributed by atoms with Crippen molar-refractivity contribution in [3.8, 4) is 0 Å². The quantitative estimate of drug-likeness (QED) is 0.336. The summed E-state index contributed by atoms with van der Waals surface area (Å²) in [6.45, 7) is 3.67. The molecule has 1 aromatic heterocycles. The number of aryl methyl sites for hydroxylation is 2. The lowest BCUT2D eigenvalue weighted by molar-refractivity contribution is -0.385. The van der Waals surface area contributed by atoms with Crippen LogP contribution in [0.25, 0.3) is 0 Å². The molecule has 0 aliphatic rings. The number of hydrogen-bond acceptors (Lipinski definition) is 7. The minimum Gasteiger partial charge on any atom is -0.279 e. The molecule has 0 unspecified atom stereocenters. The number of pyridine rings is 1. The fourth-order valence-electron chi connectivity index (χ4n) is 2.70. The first-order valence-corrected chi connectivity index (χ1v) is 10.3. The van der Waals surface area contributed by atoms with E-state index in [1.807, 2.05) is 13.0 Å². The van der Waals surface area contributed by atoms with Crippen LogP contribution in [0.4, 0.5) is 17.1 Å². The Balaban J connectivity index is 1.96. The van der Waals surface area contributed by atoms with E-state index in [9.17, 15) is 18.5 Å². The minimum absolute atomic E-state index is 0.0954. The summed E-state index contributed by atoms with van der Waals surface area (Å²) in [5, 5.41) is 15.2. The first-order chi connectivity index (χ1) is 14.3. The third kappa shape index (κ3) is 4.97. The molecule has 0 radical (unpaired) electrons. The molecule has 0 fully saturated rings. The number of hydrazone groups is 1. The standard InChI is InChI=1S/C20H19N5O4S/c1-14-5-7-18(15(2)10-14)24-30(28,29)20-11-17(25(26)27)6-8-19(20)23-22-13-16-4-3-9-21-12-16/h3-13,23-24H,1-2H3/b22-13-. The monoisotopic (exact) mass is 425 g/mol. The van der Waals surface area contributed by atoms with Gasteiger partial charge in [-0.3, -0.25) is 25.2 Å². The second-order valence-corrected chi connectivity index (χ2v) is 8.17. The molecular weight excluding hydrogens is 406 g/mol. The Labute approximate surface area is 173 Å². The Bertz CT molecular complexity index is 1210. The Kier molecular flexibility index (Phi) is 6.07. The highest BCUT2D eigenvalue weighted by Gasteiger charge is 2.23. The highest BCUT2D eigenvalue weighted by atomic mass is 32.2. The van der Waals surface area contributed by atoms with Crippen molar-refractivity contribution in [3.63, 3.8) is 0 Å². The Hall–Kier alpha value is -3.79. The molecule has 30 heavy (non-hydrogen) atoms. The van der Waals surface area contributed by atoms with Crippen LogP contribution < -0.4 is 10.1 Å². The van der Waals surface area contributed by atoms with Crippen molar-refractivity contribution in [1.29, 1.82) is 0 Å². The topological polar surface area (TPSA) is 127 Å². The van der Waals surface area contributed by atoms with Gasteiger partial charge in [-0.1, -0.05) is 23.8 Å². The van der Waals surface area contributed by atoms with E-state index in [0.29, 0.717) is 11.3 Å².